The Morgan fingerprint density at radius 2 is 1.88 bits per heavy atom. The van der Waals surface area contributed by atoms with Crippen LogP contribution in [-0.2, 0) is 13.2 Å². The second kappa shape index (κ2) is 10.3. The maximum Gasteiger partial charge on any atom is 0.435 e. The predicted molar refractivity (Wildman–Crippen MR) is 140 cm³/mol. The molecule has 1 aromatic carbocycles. The van der Waals surface area contributed by atoms with Gasteiger partial charge in [-0.3, -0.25) is 14.3 Å². The minimum atomic E-state index is -4.67. The molecule has 0 radical (unpaired) electrons. The van der Waals surface area contributed by atoms with E-state index in [1.807, 2.05) is 37.3 Å². The van der Waals surface area contributed by atoms with Gasteiger partial charge in [-0.2, -0.15) is 18.3 Å². The van der Waals surface area contributed by atoms with Crippen molar-refractivity contribution in [2.75, 3.05) is 20.2 Å². The molecular weight excluding hydrogens is 525 g/mol. The Labute approximate surface area is 228 Å². The van der Waals surface area contributed by atoms with Crippen LogP contribution >= 0.6 is 0 Å². The van der Waals surface area contributed by atoms with Crippen molar-refractivity contribution in [3.8, 4) is 5.75 Å². The van der Waals surface area contributed by atoms with E-state index in [2.05, 4.69) is 15.4 Å². The van der Waals surface area contributed by atoms with Gasteiger partial charge in [0.25, 0.3) is 11.8 Å². The number of ether oxygens (including phenoxy) is 1. The molecular formula is C28H29F3N6O3. The fourth-order valence-corrected chi connectivity index (χ4v) is 5.42. The van der Waals surface area contributed by atoms with E-state index in [-0.39, 0.29) is 23.1 Å². The number of benzene rings is 1. The van der Waals surface area contributed by atoms with Crippen molar-refractivity contribution in [3.05, 3.63) is 82.6 Å². The molecule has 0 unspecified atom stereocenters. The van der Waals surface area contributed by atoms with Crippen molar-refractivity contribution in [1.29, 1.82) is 0 Å². The number of pyridine rings is 1. The lowest BCUT2D eigenvalue weighted by Crippen LogP contribution is -2.51. The molecule has 0 saturated carbocycles. The van der Waals surface area contributed by atoms with Crippen LogP contribution in [-0.4, -0.2) is 62.1 Å². The summed E-state index contributed by atoms with van der Waals surface area (Å²) in [6.45, 7) is 3.77. The number of nitrogens with zero attached hydrogens (tertiary/aromatic N) is 5. The molecule has 0 bridgehead atoms. The van der Waals surface area contributed by atoms with E-state index in [0.29, 0.717) is 36.5 Å². The fraction of sp³-hybridized carbons (Fsp3) is 0.357. The maximum atomic E-state index is 13.7. The molecule has 0 spiro atoms. The SMILES string of the molecule is COc1cc(C(=O)N2CC[C@@H](NC(=O)c3c(C)c(C(F)(F)F)nn3C)[C@@H](c3ccccc3)C2)cn2c(C)cnc12. The van der Waals surface area contributed by atoms with Crippen molar-refractivity contribution < 1.29 is 27.5 Å². The van der Waals surface area contributed by atoms with Gasteiger partial charge in [0.15, 0.2) is 17.1 Å². The summed E-state index contributed by atoms with van der Waals surface area (Å²) in [6, 6.07) is 10.7. The number of amides is 2. The Bertz CT molecular complexity index is 1580. The van der Waals surface area contributed by atoms with Gasteiger partial charge in [-0.15, -0.1) is 0 Å². The highest BCUT2D eigenvalue weighted by Crippen LogP contribution is 2.33. The number of hydrogen-bond acceptors (Lipinski definition) is 5. The lowest BCUT2D eigenvalue weighted by atomic mass is 9.85. The van der Waals surface area contributed by atoms with Crippen LogP contribution in [0.5, 0.6) is 5.75 Å². The highest BCUT2D eigenvalue weighted by Gasteiger charge is 2.40. The van der Waals surface area contributed by atoms with Crippen molar-refractivity contribution in [3.63, 3.8) is 0 Å². The Hall–Kier alpha value is -4.35. The first kappa shape index (κ1) is 27.2. The summed E-state index contributed by atoms with van der Waals surface area (Å²) in [6.07, 6.45) is -0.826. The molecule has 1 fully saturated rings. The van der Waals surface area contributed by atoms with E-state index in [4.69, 9.17) is 4.74 Å². The number of imidazole rings is 1. The molecule has 1 saturated heterocycles. The number of hydrogen-bond donors (Lipinski definition) is 1. The third kappa shape index (κ3) is 4.89. The molecule has 12 heteroatoms. The number of methoxy groups -OCH3 is 1. The van der Waals surface area contributed by atoms with Gasteiger partial charge in [0, 0.05) is 55.7 Å². The highest BCUT2D eigenvalue weighted by atomic mass is 19.4. The second-order valence-electron chi connectivity index (χ2n) is 9.97. The van der Waals surface area contributed by atoms with Gasteiger partial charge in [-0.25, -0.2) is 4.98 Å². The van der Waals surface area contributed by atoms with E-state index in [0.717, 1.165) is 15.9 Å². The number of carbonyl (C=O) groups is 2. The van der Waals surface area contributed by atoms with Crippen LogP contribution in [0.1, 0.15) is 55.7 Å². The lowest BCUT2D eigenvalue weighted by molar-refractivity contribution is -0.141. The number of alkyl halides is 3. The highest BCUT2D eigenvalue weighted by molar-refractivity contribution is 5.96. The average Bonchev–Trinajstić information content (AvgIpc) is 3.46. The van der Waals surface area contributed by atoms with E-state index < -0.39 is 23.8 Å². The normalized spacial score (nSPS) is 17.7. The molecule has 4 aromatic rings. The second-order valence-corrected chi connectivity index (χ2v) is 9.97. The number of aryl methyl sites for hydroxylation is 2. The van der Waals surface area contributed by atoms with Gasteiger partial charge >= 0.3 is 6.18 Å². The van der Waals surface area contributed by atoms with E-state index in [1.54, 1.807) is 27.8 Å². The summed E-state index contributed by atoms with van der Waals surface area (Å²) in [4.78, 5) is 33.0. The first-order chi connectivity index (χ1) is 19.0. The molecule has 1 aliphatic heterocycles. The van der Waals surface area contributed by atoms with Crippen LogP contribution in [0.2, 0.25) is 0 Å². The molecule has 2 atom stereocenters. The van der Waals surface area contributed by atoms with Crippen LogP contribution < -0.4 is 10.1 Å². The van der Waals surface area contributed by atoms with Crippen LogP contribution in [0.15, 0.2) is 48.8 Å². The summed E-state index contributed by atoms with van der Waals surface area (Å²) in [7, 11) is 2.84. The van der Waals surface area contributed by atoms with Crippen LogP contribution in [0.4, 0.5) is 13.2 Å². The first-order valence-corrected chi connectivity index (χ1v) is 12.8. The van der Waals surface area contributed by atoms with Gasteiger partial charge < -0.3 is 19.4 Å². The molecule has 2 amide bonds. The number of piperidine rings is 1. The fourth-order valence-electron chi connectivity index (χ4n) is 5.42. The Morgan fingerprint density at radius 1 is 1.15 bits per heavy atom. The number of likely N-dealkylation sites (tertiary alicyclic amines) is 1. The van der Waals surface area contributed by atoms with Crippen LogP contribution in [0.25, 0.3) is 5.65 Å². The molecule has 40 heavy (non-hydrogen) atoms. The molecule has 3 aromatic heterocycles. The minimum absolute atomic E-state index is 0.145. The molecule has 4 heterocycles. The zero-order valence-electron chi connectivity index (χ0n) is 22.5. The first-order valence-electron chi connectivity index (χ1n) is 12.8. The number of nitrogens with one attached hydrogen (secondary N) is 1. The van der Waals surface area contributed by atoms with Crippen molar-refractivity contribution >= 4 is 17.5 Å². The topological polar surface area (TPSA) is 93.8 Å². The zero-order valence-corrected chi connectivity index (χ0v) is 22.5. The quantitative estimate of drug-likeness (QED) is 0.400. The van der Waals surface area contributed by atoms with Gasteiger partial charge in [0.1, 0.15) is 5.69 Å². The standard InChI is InChI=1S/C28H29F3N6O3/c1-16-13-32-25-22(40-4)12-19(14-37(16)25)27(39)36-11-10-21(20(15-36)18-8-6-5-7-9-18)33-26(38)23-17(2)24(28(29,30)31)34-35(23)3/h5-9,12-14,20-21H,10-11,15H2,1-4H3,(H,33,38)/t20-,21-/m1/s1. The number of rotatable bonds is 5. The molecule has 1 N–H and O–H groups in total. The van der Waals surface area contributed by atoms with E-state index in [9.17, 15) is 22.8 Å². The summed E-state index contributed by atoms with van der Waals surface area (Å²) in [5.41, 5.74) is 1.35. The Morgan fingerprint density at radius 3 is 2.52 bits per heavy atom. The molecule has 5 rings (SSSR count). The van der Waals surface area contributed by atoms with Gasteiger partial charge in [-0.05, 0) is 31.9 Å². The zero-order chi connectivity index (χ0) is 28.8. The minimum Gasteiger partial charge on any atom is -0.493 e. The largest absolute Gasteiger partial charge is 0.493 e. The van der Waals surface area contributed by atoms with Crippen LogP contribution in [0, 0.1) is 13.8 Å². The third-order valence-electron chi connectivity index (χ3n) is 7.44. The summed E-state index contributed by atoms with van der Waals surface area (Å²) < 4.78 is 48.4. The van der Waals surface area contributed by atoms with Gasteiger partial charge in [-0.1, -0.05) is 30.3 Å². The number of carbonyl (C=O) groups excluding carboxylic acids is 2. The monoisotopic (exact) mass is 554 g/mol. The van der Waals surface area contributed by atoms with Gasteiger partial charge in [0.05, 0.1) is 12.7 Å². The average molecular weight is 555 g/mol. The van der Waals surface area contributed by atoms with E-state index in [1.165, 1.54) is 21.1 Å². The number of aromatic nitrogens is 4. The van der Waals surface area contributed by atoms with Crippen molar-refractivity contribution in [2.24, 2.45) is 7.05 Å². The van der Waals surface area contributed by atoms with E-state index >= 15 is 0 Å². The molecule has 210 valence electrons. The summed E-state index contributed by atoms with van der Waals surface area (Å²) >= 11 is 0. The molecule has 0 aliphatic carbocycles. The Kier molecular flexibility index (Phi) is 7.03. The van der Waals surface area contributed by atoms with Crippen molar-refractivity contribution in [2.45, 2.75) is 38.4 Å². The number of halogens is 3. The number of fused-ring (bicyclic) bond motifs is 1. The van der Waals surface area contributed by atoms with Crippen molar-refractivity contribution in [1.82, 2.24) is 29.4 Å². The maximum absolute atomic E-state index is 13.7. The molecule has 9 nitrogen and oxygen atoms in total. The summed E-state index contributed by atoms with van der Waals surface area (Å²) in [5, 5.41) is 6.48. The molecule has 1 aliphatic rings. The van der Waals surface area contributed by atoms with Crippen LogP contribution in [0.3, 0.4) is 0 Å². The smallest absolute Gasteiger partial charge is 0.435 e. The predicted octanol–water partition coefficient (Wildman–Crippen LogP) is 4.14. The third-order valence-corrected chi connectivity index (χ3v) is 7.44. The lowest BCUT2D eigenvalue weighted by Gasteiger charge is -2.39. The summed E-state index contributed by atoms with van der Waals surface area (Å²) in [5.74, 6) is -0.652. The van der Waals surface area contributed by atoms with Gasteiger partial charge in [0.2, 0.25) is 0 Å². The Balaban J connectivity index is 1.42.